The summed E-state index contributed by atoms with van der Waals surface area (Å²) in [6.07, 6.45) is 0.735. The maximum Gasteiger partial charge on any atom is 0.243 e. The van der Waals surface area contributed by atoms with Crippen molar-refractivity contribution in [3.8, 4) is 0 Å². The SMILES string of the molecule is O=C1CCC(NC2NCc3ccc(I)cc3N2)C(=O)N1. The fourth-order valence-electron chi connectivity index (χ4n) is 2.41. The number of hydrogen-bond donors (Lipinski definition) is 4. The Labute approximate surface area is 130 Å². The van der Waals surface area contributed by atoms with Gasteiger partial charge in [0.25, 0.3) is 0 Å². The van der Waals surface area contributed by atoms with E-state index in [0.29, 0.717) is 12.8 Å². The Morgan fingerprint density at radius 3 is 2.95 bits per heavy atom. The van der Waals surface area contributed by atoms with Crippen LogP contribution in [0.25, 0.3) is 0 Å². The Morgan fingerprint density at radius 1 is 1.30 bits per heavy atom. The zero-order valence-corrected chi connectivity index (χ0v) is 12.9. The molecule has 0 bridgehead atoms. The number of hydrogen-bond acceptors (Lipinski definition) is 5. The summed E-state index contributed by atoms with van der Waals surface area (Å²) in [5, 5.41) is 12.2. The quantitative estimate of drug-likeness (QED) is 0.439. The summed E-state index contributed by atoms with van der Waals surface area (Å²) < 4.78 is 1.16. The molecule has 2 atom stereocenters. The number of amides is 2. The Bertz CT molecular complexity index is 563. The molecule has 2 aliphatic heterocycles. The first-order valence-corrected chi connectivity index (χ1v) is 7.58. The van der Waals surface area contributed by atoms with Crippen LogP contribution in [-0.2, 0) is 16.1 Å². The van der Waals surface area contributed by atoms with Crippen molar-refractivity contribution in [1.29, 1.82) is 0 Å². The van der Waals surface area contributed by atoms with Gasteiger partial charge in [-0.15, -0.1) is 0 Å². The van der Waals surface area contributed by atoms with Crippen molar-refractivity contribution in [2.24, 2.45) is 0 Å². The van der Waals surface area contributed by atoms with Crippen LogP contribution in [0.3, 0.4) is 0 Å². The van der Waals surface area contributed by atoms with Crippen LogP contribution in [-0.4, -0.2) is 24.1 Å². The van der Waals surface area contributed by atoms with Gasteiger partial charge in [-0.1, -0.05) is 6.07 Å². The molecule has 0 radical (unpaired) electrons. The number of carbonyl (C=O) groups is 2. The molecule has 1 aromatic carbocycles. The van der Waals surface area contributed by atoms with Crippen molar-refractivity contribution in [2.45, 2.75) is 31.7 Å². The van der Waals surface area contributed by atoms with Gasteiger partial charge in [0.05, 0.1) is 6.04 Å². The molecule has 1 fully saturated rings. The van der Waals surface area contributed by atoms with Gasteiger partial charge < -0.3 is 5.32 Å². The van der Waals surface area contributed by atoms with Crippen molar-refractivity contribution in [3.05, 3.63) is 27.3 Å². The molecule has 1 aromatic rings. The van der Waals surface area contributed by atoms with Gasteiger partial charge >= 0.3 is 0 Å². The van der Waals surface area contributed by atoms with E-state index < -0.39 is 0 Å². The van der Waals surface area contributed by atoms with E-state index in [1.54, 1.807) is 0 Å². The summed E-state index contributed by atoms with van der Waals surface area (Å²) in [5.74, 6) is -0.448. The molecule has 4 N–H and O–H groups in total. The highest BCUT2D eigenvalue weighted by atomic mass is 127. The molecule has 3 rings (SSSR count). The van der Waals surface area contributed by atoms with E-state index >= 15 is 0 Å². The lowest BCUT2D eigenvalue weighted by Crippen LogP contribution is -2.60. The maximum absolute atomic E-state index is 11.7. The second-order valence-corrected chi connectivity index (χ2v) is 6.18. The highest BCUT2D eigenvalue weighted by molar-refractivity contribution is 14.1. The summed E-state index contributed by atoms with van der Waals surface area (Å²) in [6, 6.07) is 5.88. The Balaban J connectivity index is 1.65. The smallest absolute Gasteiger partial charge is 0.243 e. The molecular formula is C13H15IN4O2. The van der Waals surface area contributed by atoms with Gasteiger partial charge in [0, 0.05) is 22.2 Å². The first-order valence-electron chi connectivity index (χ1n) is 6.50. The van der Waals surface area contributed by atoms with E-state index in [1.165, 1.54) is 5.56 Å². The van der Waals surface area contributed by atoms with Gasteiger partial charge in [-0.25, -0.2) is 0 Å². The van der Waals surface area contributed by atoms with Gasteiger partial charge in [0.15, 0.2) is 0 Å². The summed E-state index contributed by atoms with van der Waals surface area (Å²) in [5.41, 5.74) is 2.27. The number of piperidine rings is 1. The highest BCUT2D eigenvalue weighted by Gasteiger charge is 2.29. The fourth-order valence-corrected chi connectivity index (χ4v) is 2.90. The second-order valence-electron chi connectivity index (χ2n) is 4.93. The topological polar surface area (TPSA) is 82.3 Å². The van der Waals surface area contributed by atoms with Crippen molar-refractivity contribution in [3.63, 3.8) is 0 Å². The van der Waals surface area contributed by atoms with E-state index in [9.17, 15) is 9.59 Å². The van der Waals surface area contributed by atoms with Crippen LogP contribution in [0.5, 0.6) is 0 Å². The summed E-state index contributed by atoms with van der Waals surface area (Å²) >= 11 is 2.27. The predicted molar refractivity (Wildman–Crippen MR) is 82.7 cm³/mol. The minimum atomic E-state index is -0.345. The molecular weight excluding hydrogens is 371 g/mol. The van der Waals surface area contributed by atoms with Crippen LogP contribution >= 0.6 is 22.6 Å². The van der Waals surface area contributed by atoms with Gasteiger partial charge in [-0.3, -0.25) is 25.5 Å². The Hall–Kier alpha value is -1.19. The summed E-state index contributed by atoms with van der Waals surface area (Å²) in [4.78, 5) is 22.8. The van der Waals surface area contributed by atoms with Crippen LogP contribution in [0.1, 0.15) is 18.4 Å². The van der Waals surface area contributed by atoms with Crippen LogP contribution in [0, 0.1) is 3.57 Å². The van der Waals surface area contributed by atoms with E-state index in [4.69, 9.17) is 0 Å². The molecule has 20 heavy (non-hydrogen) atoms. The lowest BCUT2D eigenvalue weighted by Gasteiger charge is -2.33. The second kappa shape index (κ2) is 5.66. The average Bonchev–Trinajstić information content (AvgIpc) is 2.41. The monoisotopic (exact) mass is 386 g/mol. The van der Waals surface area contributed by atoms with Crippen molar-refractivity contribution >= 4 is 40.1 Å². The molecule has 2 heterocycles. The first kappa shape index (κ1) is 13.8. The zero-order chi connectivity index (χ0) is 14.1. The number of nitrogens with one attached hydrogen (secondary N) is 4. The Morgan fingerprint density at radius 2 is 2.15 bits per heavy atom. The molecule has 2 unspecified atom stereocenters. The first-order chi connectivity index (χ1) is 9.61. The van der Waals surface area contributed by atoms with Gasteiger partial charge in [-0.05, 0) is 46.7 Å². The fraction of sp³-hybridized carbons (Fsp3) is 0.385. The third kappa shape index (κ3) is 2.94. The average molecular weight is 386 g/mol. The molecule has 2 aliphatic rings. The van der Waals surface area contributed by atoms with E-state index in [2.05, 4.69) is 62.1 Å². The van der Waals surface area contributed by atoms with Gasteiger partial charge in [0.2, 0.25) is 11.8 Å². The number of fused-ring (bicyclic) bond motifs is 1. The minimum Gasteiger partial charge on any atom is -0.357 e. The number of imide groups is 1. The molecule has 2 amide bonds. The third-order valence-electron chi connectivity index (χ3n) is 3.48. The van der Waals surface area contributed by atoms with E-state index in [-0.39, 0.29) is 24.1 Å². The van der Waals surface area contributed by atoms with Crippen LogP contribution < -0.4 is 21.3 Å². The molecule has 6 nitrogen and oxygen atoms in total. The summed E-state index contributed by atoms with van der Waals surface area (Å²) in [6.45, 7) is 0.740. The number of halogens is 1. The van der Waals surface area contributed by atoms with Crippen LogP contribution in [0.2, 0.25) is 0 Å². The lowest BCUT2D eigenvalue weighted by molar-refractivity contribution is -0.134. The van der Waals surface area contributed by atoms with Crippen molar-refractivity contribution < 1.29 is 9.59 Å². The van der Waals surface area contributed by atoms with Crippen molar-refractivity contribution in [1.82, 2.24) is 16.0 Å². The molecule has 0 saturated carbocycles. The predicted octanol–water partition coefficient (Wildman–Crippen LogP) is 0.485. The largest absolute Gasteiger partial charge is 0.357 e. The Kier molecular flexibility index (Phi) is 3.90. The molecule has 0 aliphatic carbocycles. The molecule has 106 valence electrons. The third-order valence-corrected chi connectivity index (χ3v) is 4.15. The number of carbonyl (C=O) groups excluding carboxylic acids is 2. The lowest BCUT2D eigenvalue weighted by atomic mass is 10.1. The molecule has 0 spiro atoms. The van der Waals surface area contributed by atoms with E-state index in [1.807, 2.05) is 0 Å². The zero-order valence-electron chi connectivity index (χ0n) is 10.7. The van der Waals surface area contributed by atoms with Gasteiger partial charge in [-0.2, -0.15) is 0 Å². The molecule has 7 heteroatoms. The van der Waals surface area contributed by atoms with Crippen molar-refractivity contribution in [2.75, 3.05) is 5.32 Å². The maximum atomic E-state index is 11.7. The van der Waals surface area contributed by atoms with E-state index in [0.717, 1.165) is 15.8 Å². The minimum absolute atomic E-state index is 0.176. The van der Waals surface area contributed by atoms with Gasteiger partial charge in [0.1, 0.15) is 6.29 Å². The molecule has 0 aromatic heterocycles. The number of benzene rings is 1. The molecule has 1 saturated heterocycles. The standard InChI is InChI=1S/C13H15IN4O2/c14-8-2-1-7-6-15-13(17-10(7)5-8)16-9-3-4-11(19)18-12(9)20/h1-2,5,9,13,15-17H,3-4,6H2,(H,18,19,20). The number of rotatable bonds is 2. The van der Waals surface area contributed by atoms with Crippen LogP contribution in [0.4, 0.5) is 5.69 Å². The summed E-state index contributed by atoms with van der Waals surface area (Å²) in [7, 11) is 0. The normalized spacial score (nSPS) is 25.6. The highest BCUT2D eigenvalue weighted by Crippen LogP contribution is 2.22. The van der Waals surface area contributed by atoms with Crippen LogP contribution in [0.15, 0.2) is 18.2 Å². The number of anilines is 1.